The Kier molecular flexibility index (Phi) is 8.57. The van der Waals surface area contributed by atoms with Crippen LogP contribution in [0.5, 0.6) is 23.0 Å². The summed E-state index contributed by atoms with van der Waals surface area (Å²) in [4.78, 5) is 34.1. The lowest BCUT2D eigenvalue weighted by molar-refractivity contribution is -0.142. The van der Waals surface area contributed by atoms with Gasteiger partial charge < -0.3 is 28.4 Å². The molecule has 1 aliphatic rings. The summed E-state index contributed by atoms with van der Waals surface area (Å²) in [5, 5.41) is 0. The Hall–Kier alpha value is -3.75. The van der Waals surface area contributed by atoms with Crippen molar-refractivity contribution in [2.24, 2.45) is 0 Å². The van der Waals surface area contributed by atoms with Crippen molar-refractivity contribution in [1.29, 1.82) is 0 Å². The molecule has 2 aromatic rings. The van der Waals surface area contributed by atoms with Crippen LogP contribution in [0, 0.1) is 0 Å². The van der Waals surface area contributed by atoms with E-state index in [0.717, 1.165) is 16.7 Å². The molecule has 35 heavy (non-hydrogen) atoms. The number of benzene rings is 2. The molecule has 0 aromatic heterocycles. The maximum Gasteiger partial charge on any atom is 0.308 e. The first-order chi connectivity index (χ1) is 16.7. The first-order valence-corrected chi connectivity index (χ1v) is 11.2. The van der Waals surface area contributed by atoms with E-state index in [-0.39, 0.29) is 18.5 Å². The third kappa shape index (κ3) is 6.44. The van der Waals surface area contributed by atoms with E-state index in [9.17, 15) is 14.4 Å². The SMILES string of the molecule is COc1cc(C2Oc3c(OC)cc(CCCOC(C)=O)cc3C2COC(C)=O)ccc1OC(C)=O. The van der Waals surface area contributed by atoms with Crippen LogP contribution in [0.2, 0.25) is 0 Å². The molecule has 0 N–H and O–H groups in total. The van der Waals surface area contributed by atoms with Crippen LogP contribution in [0.4, 0.5) is 0 Å². The van der Waals surface area contributed by atoms with Crippen LogP contribution in [-0.2, 0) is 30.3 Å². The van der Waals surface area contributed by atoms with Crippen LogP contribution in [0.25, 0.3) is 0 Å². The van der Waals surface area contributed by atoms with Crippen LogP contribution in [-0.4, -0.2) is 45.3 Å². The van der Waals surface area contributed by atoms with Crippen LogP contribution in [0.1, 0.15) is 55.9 Å². The fraction of sp³-hybridized carbons (Fsp3) is 0.423. The third-order valence-electron chi connectivity index (χ3n) is 5.52. The van der Waals surface area contributed by atoms with Crippen molar-refractivity contribution in [1.82, 2.24) is 0 Å². The molecule has 9 heteroatoms. The summed E-state index contributed by atoms with van der Waals surface area (Å²) in [5.74, 6) is 0.309. The Balaban J connectivity index is 1.95. The molecule has 188 valence electrons. The van der Waals surface area contributed by atoms with Gasteiger partial charge >= 0.3 is 17.9 Å². The van der Waals surface area contributed by atoms with Gasteiger partial charge in [-0.2, -0.15) is 0 Å². The standard InChI is InChI=1S/C26H30O9/c1-15(27)32-10-6-7-18-11-20-21(14-33-16(2)28)25(35-26(20)24(12-18)31-5)19-8-9-22(34-17(3)29)23(13-19)30-4/h8-9,11-13,21,25H,6-7,10,14H2,1-5H3. The van der Waals surface area contributed by atoms with Crippen LogP contribution in [0.3, 0.4) is 0 Å². The molecule has 2 atom stereocenters. The Morgan fingerprint density at radius 3 is 2.20 bits per heavy atom. The Morgan fingerprint density at radius 2 is 1.57 bits per heavy atom. The van der Waals surface area contributed by atoms with E-state index in [1.54, 1.807) is 25.3 Å². The fourth-order valence-electron chi connectivity index (χ4n) is 4.03. The molecule has 0 fully saturated rings. The number of carbonyl (C=O) groups is 3. The summed E-state index contributed by atoms with van der Waals surface area (Å²) >= 11 is 0. The van der Waals surface area contributed by atoms with Gasteiger partial charge in [-0.1, -0.05) is 12.1 Å². The minimum atomic E-state index is -0.505. The predicted molar refractivity (Wildman–Crippen MR) is 125 cm³/mol. The van der Waals surface area contributed by atoms with Crippen molar-refractivity contribution in [3.63, 3.8) is 0 Å². The van der Waals surface area contributed by atoms with Crippen LogP contribution < -0.4 is 18.9 Å². The highest BCUT2D eigenvalue weighted by molar-refractivity contribution is 5.70. The quantitative estimate of drug-likeness (QED) is 0.281. The molecule has 0 saturated carbocycles. The Morgan fingerprint density at radius 1 is 0.857 bits per heavy atom. The number of hydrogen-bond acceptors (Lipinski definition) is 9. The summed E-state index contributed by atoms with van der Waals surface area (Å²) in [6.07, 6.45) is 0.803. The number of ether oxygens (including phenoxy) is 6. The zero-order valence-electron chi connectivity index (χ0n) is 20.5. The molecule has 0 bridgehead atoms. The second kappa shape index (κ2) is 11.6. The number of methoxy groups -OCH3 is 2. The molecule has 1 heterocycles. The highest BCUT2D eigenvalue weighted by Crippen LogP contribution is 2.51. The summed E-state index contributed by atoms with van der Waals surface area (Å²) in [7, 11) is 3.05. The third-order valence-corrected chi connectivity index (χ3v) is 5.52. The molecule has 0 saturated heterocycles. The number of hydrogen-bond donors (Lipinski definition) is 0. The second-order valence-electron chi connectivity index (χ2n) is 8.11. The van der Waals surface area contributed by atoms with Crippen molar-refractivity contribution < 1.29 is 42.8 Å². The maximum absolute atomic E-state index is 11.6. The van der Waals surface area contributed by atoms with Gasteiger partial charge in [0.2, 0.25) is 0 Å². The smallest absolute Gasteiger partial charge is 0.308 e. The maximum atomic E-state index is 11.6. The lowest BCUT2D eigenvalue weighted by Gasteiger charge is -2.20. The van der Waals surface area contributed by atoms with Crippen LogP contribution >= 0.6 is 0 Å². The summed E-state index contributed by atoms with van der Waals surface area (Å²) in [6.45, 7) is 4.47. The highest BCUT2D eigenvalue weighted by atomic mass is 16.6. The molecule has 2 unspecified atom stereocenters. The molecule has 9 nitrogen and oxygen atoms in total. The first-order valence-electron chi connectivity index (χ1n) is 11.2. The van der Waals surface area contributed by atoms with Gasteiger partial charge in [-0.3, -0.25) is 14.4 Å². The van der Waals surface area contributed by atoms with E-state index in [2.05, 4.69) is 0 Å². The predicted octanol–water partition coefficient (Wildman–Crippen LogP) is 3.91. The molecule has 0 spiro atoms. The number of fused-ring (bicyclic) bond motifs is 1. The lowest BCUT2D eigenvalue weighted by atomic mass is 9.90. The Bertz CT molecular complexity index is 1090. The minimum Gasteiger partial charge on any atom is -0.493 e. The van der Waals surface area contributed by atoms with Crippen molar-refractivity contribution in [2.45, 2.75) is 45.6 Å². The van der Waals surface area contributed by atoms with E-state index in [1.807, 2.05) is 12.1 Å². The van der Waals surface area contributed by atoms with E-state index in [1.165, 1.54) is 27.9 Å². The minimum absolute atomic E-state index is 0.0983. The topological polar surface area (TPSA) is 107 Å². The molecular weight excluding hydrogens is 456 g/mol. The second-order valence-corrected chi connectivity index (χ2v) is 8.11. The molecule has 2 aromatic carbocycles. The normalized spacial score (nSPS) is 16.0. The number of esters is 3. The van der Waals surface area contributed by atoms with E-state index in [0.29, 0.717) is 42.4 Å². The Labute approximate surface area is 204 Å². The van der Waals surface area contributed by atoms with Gasteiger partial charge in [-0.15, -0.1) is 0 Å². The molecule has 1 aliphatic heterocycles. The van der Waals surface area contributed by atoms with Crippen molar-refractivity contribution in [3.8, 4) is 23.0 Å². The monoisotopic (exact) mass is 486 g/mol. The van der Waals surface area contributed by atoms with Crippen molar-refractivity contribution in [3.05, 3.63) is 47.0 Å². The van der Waals surface area contributed by atoms with Crippen LogP contribution in [0.15, 0.2) is 30.3 Å². The summed E-state index contributed by atoms with van der Waals surface area (Å²) in [6, 6.07) is 9.06. The fourth-order valence-corrected chi connectivity index (χ4v) is 4.03. The van der Waals surface area contributed by atoms with Gasteiger partial charge in [-0.05, 0) is 42.2 Å². The zero-order chi connectivity index (χ0) is 25.5. The van der Waals surface area contributed by atoms with Gasteiger partial charge in [0, 0.05) is 26.3 Å². The van der Waals surface area contributed by atoms with E-state index in [4.69, 9.17) is 28.4 Å². The number of rotatable bonds is 10. The molecule has 0 amide bonds. The molecule has 3 rings (SSSR count). The van der Waals surface area contributed by atoms with Gasteiger partial charge in [0.25, 0.3) is 0 Å². The first kappa shape index (κ1) is 25.9. The highest BCUT2D eigenvalue weighted by Gasteiger charge is 2.39. The van der Waals surface area contributed by atoms with Crippen molar-refractivity contribution in [2.75, 3.05) is 27.4 Å². The van der Waals surface area contributed by atoms with Gasteiger partial charge in [0.05, 0.1) is 26.7 Å². The van der Waals surface area contributed by atoms with Gasteiger partial charge in [-0.25, -0.2) is 0 Å². The molecular formula is C26H30O9. The molecule has 0 radical (unpaired) electrons. The van der Waals surface area contributed by atoms with E-state index < -0.39 is 18.0 Å². The summed E-state index contributed by atoms with van der Waals surface area (Å²) < 4.78 is 33.0. The number of aryl methyl sites for hydroxylation is 1. The average Bonchev–Trinajstić information content (AvgIpc) is 3.18. The van der Waals surface area contributed by atoms with Gasteiger partial charge in [0.1, 0.15) is 12.7 Å². The summed E-state index contributed by atoms with van der Waals surface area (Å²) in [5.41, 5.74) is 2.58. The van der Waals surface area contributed by atoms with Gasteiger partial charge in [0.15, 0.2) is 23.0 Å². The zero-order valence-corrected chi connectivity index (χ0v) is 20.5. The molecule has 0 aliphatic carbocycles. The average molecular weight is 487 g/mol. The van der Waals surface area contributed by atoms with Crippen molar-refractivity contribution >= 4 is 17.9 Å². The largest absolute Gasteiger partial charge is 0.493 e. The lowest BCUT2D eigenvalue weighted by Crippen LogP contribution is -2.17. The number of carbonyl (C=O) groups excluding carboxylic acids is 3. The van der Waals surface area contributed by atoms with E-state index >= 15 is 0 Å².